The number of aliphatic hydroxyl groups is 1. The van der Waals surface area contributed by atoms with Gasteiger partial charge in [-0.05, 0) is 61.6 Å². The molecule has 1 saturated carbocycles. The van der Waals surface area contributed by atoms with Crippen LogP contribution in [-0.2, 0) is 16.6 Å². The Hall–Kier alpha value is -3.35. The first kappa shape index (κ1) is 25.7. The molecular weight excluding hydrogens is 471 g/mol. The van der Waals surface area contributed by atoms with E-state index in [1.807, 2.05) is 24.3 Å². The van der Waals surface area contributed by atoms with Gasteiger partial charge < -0.3 is 15.7 Å². The Morgan fingerprint density at radius 2 is 1.81 bits per heavy atom. The molecule has 2 amide bonds. The van der Waals surface area contributed by atoms with Gasteiger partial charge in [-0.25, -0.2) is 0 Å². The second kappa shape index (κ2) is 10.3. The Morgan fingerprint density at radius 1 is 1.11 bits per heavy atom. The standard InChI is InChI=1S/C27H28F3N3O3/c1-2-18-5-3-7-20(13-18)26(36)11-9-23(10-12-26)33-16-22(17-33)32-24(34)15-31-25(35)19-6-4-8-21(14-19)27(28,29)30/h1,3-8,13-14,22-23,36H,9-12,15-17H2,(H,31,35)(H,32,34). The smallest absolute Gasteiger partial charge is 0.385 e. The number of rotatable bonds is 6. The zero-order valence-electron chi connectivity index (χ0n) is 19.6. The molecule has 4 rings (SSSR count). The predicted octanol–water partition coefficient (Wildman–Crippen LogP) is 3.05. The van der Waals surface area contributed by atoms with Gasteiger partial charge in [-0.15, -0.1) is 6.42 Å². The highest BCUT2D eigenvalue weighted by molar-refractivity contribution is 5.96. The maximum atomic E-state index is 12.8. The number of nitrogens with one attached hydrogen (secondary N) is 2. The van der Waals surface area contributed by atoms with Crippen LogP contribution in [0.15, 0.2) is 48.5 Å². The van der Waals surface area contributed by atoms with E-state index in [0.717, 1.165) is 42.2 Å². The highest BCUT2D eigenvalue weighted by Gasteiger charge is 2.40. The molecule has 1 heterocycles. The van der Waals surface area contributed by atoms with Gasteiger partial charge >= 0.3 is 6.18 Å². The molecule has 1 aliphatic heterocycles. The van der Waals surface area contributed by atoms with Crippen LogP contribution in [0.5, 0.6) is 0 Å². The first-order valence-corrected chi connectivity index (χ1v) is 11.9. The highest BCUT2D eigenvalue weighted by Crippen LogP contribution is 2.39. The third-order valence-electron chi connectivity index (χ3n) is 7.00. The van der Waals surface area contributed by atoms with E-state index >= 15 is 0 Å². The molecule has 2 aromatic rings. The van der Waals surface area contributed by atoms with E-state index in [9.17, 15) is 27.9 Å². The number of halogens is 3. The first-order chi connectivity index (χ1) is 17.1. The fourth-order valence-electron chi connectivity index (χ4n) is 4.91. The van der Waals surface area contributed by atoms with Gasteiger partial charge in [0.15, 0.2) is 0 Å². The van der Waals surface area contributed by atoms with Gasteiger partial charge in [0.2, 0.25) is 5.91 Å². The maximum Gasteiger partial charge on any atom is 0.416 e. The normalized spacial score (nSPS) is 22.8. The molecule has 36 heavy (non-hydrogen) atoms. The molecule has 0 spiro atoms. The molecule has 0 unspecified atom stereocenters. The lowest BCUT2D eigenvalue weighted by Gasteiger charge is -2.48. The van der Waals surface area contributed by atoms with Gasteiger partial charge in [-0.2, -0.15) is 13.2 Å². The number of carbonyl (C=O) groups is 2. The van der Waals surface area contributed by atoms with Crippen molar-refractivity contribution in [2.24, 2.45) is 0 Å². The van der Waals surface area contributed by atoms with Gasteiger partial charge in [0.25, 0.3) is 5.91 Å². The third-order valence-corrected chi connectivity index (χ3v) is 7.00. The van der Waals surface area contributed by atoms with Gasteiger partial charge in [0, 0.05) is 30.3 Å². The van der Waals surface area contributed by atoms with E-state index in [-0.39, 0.29) is 18.2 Å². The fraction of sp³-hybridized carbons (Fsp3) is 0.407. The van der Waals surface area contributed by atoms with Crippen LogP contribution in [0.3, 0.4) is 0 Å². The number of carbonyl (C=O) groups excluding carboxylic acids is 2. The summed E-state index contributed by atoms with van der Waals surface area (Å²) in [5, 5.41) is 16.3. The summed E-state index contributed by atoms with van der Waals surface area (Å²) >= 11 is 0. The largest absolute Gasteiger partial charge is 0.416 e. The van der Waals surface area contributed by atoms with Crippen LogP contribution in [0.2, 0.25) is 0 Å². The first-order valence-electron chi connectivity index (χ1n) is 11.9. The Morgan fingerprint density at radius 3 is 2.47 bits per heavy atom. The maximum absolute atomic E-state index is 12.8. The number of nitrogens with zero attached hydrogens (tertiary/aromatic N) is 1. The molecule has 1 aliphatic carbocycles. The van der Waals surface area contributed by atoms with Crippen LogP contribution >= 0.6 is 0 Å². The van der Waals surface area contributed by atoms with Crippen molar-refractivity contribution in [1.82, 2.24) is 15.5 Å². The van der Waals surface area contributed by atoms with Crippen molar-refractivity contribution in [2.45, 2.75) is 49.5 Å². The van der Waals surface area contributed by atoms with Crippen molar-refractivity contribution in [1.29, 1.82) is 0 Å². The number of alkyl halides is 3. The summed E-state index contributed by atoms with van der Waals surface area (Å²) in [6, 6.07) is 11.8. The molecule has 190 valence electrons. The molecule has 2 aliphatic rings. The van der Waals surface area contributed by atoms with Gasteiger partial charge in [0.05, 0.1) is 23.8 Å². The van der Waals surface area contributed by atoms with Crippen molar-refractivity contribution >= 4 is 11.8 Å². The summed E-state index contributed by atoms with van der Waals surface area (Å²) in [5.41, 5.74) is -0.375. The lowest BCUT2D eigenvalue weighted by molar-refractivity contribution is -0.137. The molecule has 6 nitrogen and oxygen atoms in total. The number of terminal acetylenes is 1. The fourth-order valence-corrected chi connectivity index (χ4v) is 4.91. The van der Waals surface area contributed by atoms with Crippen molar-refractivity contribution in [3.8, 4) is 12.3 Å². The van der Waals surface area contributed by atoms with E-state index in [4.69, 9.17) is 6.42 Å². The van der Waals surface area contributed by atoms with Crippen LogP contribution in [0.4, 0.5) is 13.2 Å². The van der Waals surface area contributed by atoms with Crippen LogP contribution in [0.25, 0.3) is 0 Å². The molecule has 0 atom stereocenters. The zero-order chi connectivity index (χ0) is 25.9. The van der Waals surface area contributed by atoms with E-state index in [1.165, 1.54) is 6.07 Å². The minimum atomic E-state index is -4.55. The topological polar surface area (TPSA) is 81.7 Å². The van der Waals surface area contributed by atoms with Crippen LogP contribution in [0.1, 0.15) is 52.7 Å². The van der Waals surface area contributed by atoms with Crippen molar-refractivity contribution in [3.63, 3.8) is 0 Å². The van der Waals surface area contributed by atoms with Gasteiger partial charge in [-0.1, -0.05) is 24.1 Å². The number of hydrogen-bond acceptors (Lipinski definition) is 4. The minimum Gasteiger partial charge on any atom is -0.385 e. The molecule has 1 saturated heterocycles. The summed E-state index contributed by atoms with van der Waals surface area (Å²) in [4.78, 5) is 26.6. The summed E-state index contributed by atoms with van der Waals surface area (Å²) < 4.78 is 38.5. The highest BCUT2D eigenvalue weighted by atomic mass is 19.4. The van der Waals surface area contributed by atoms with Gasteiger partial charge in [-0.3, -0.25) is 14.5 Å². The van der Waals surface area contributed by atoms with Crippen molar-refractivity contribution in [3.05, 3.63) is 70.8 Å². The average Bonchev–Trinajstić information content (AvgIpc) is 2.85. The van der Waals surface area contributed by atoms with E-state index in [2.05, 4.69) is 21.5 Å². The van der Waals surface area contributed by atoms with Gasteiger partial charge in [0.1, 0.15) is 0 Å². The van der Waals surface area contributed by atoms with Crippen LogP contribution in [0, 0.1) is 12.3 Å². The van der Waals surface area contributed by atoms with Crippen molar-refractivity contribution < 1.29 is 27.9 Å². The molecule has 2 fully saturated rings. The predicted molar refractivity (Wildman–Crippen MR) is 128 cm³/mol. The number of amides is 2. The Balaban J connectivity index is 1.19. The molecular formula is C27H28F3N3O3. The second-order valence-electron chi connectivity index (χ2n) is 9.47. The lowest BCUT2D eigenvalue weighted by atomic mass is 9.76. The second-order valence-corrected chi connectivity index (χ2v) is 9.47. The van der Waals surface area contributed by atoms with E-state index < -0.39 is 29.2 Å². The molecule has 3 N–H and O–H groups in total. The molecule has 9 heteroatoms. The SMILES string of the molecule is C#Cc1cccc(C2(O)CCC(N3CC(NC(=O)CNC(=O)c4cccc(C(F)(F)F)c4)C3)CC2)c1. The number of benzene rings is 2. The quantitative estimate of drug-likeness (QED) is 0.534. The molecule has 2 aromatic carbocycles. The molecule has 0 radical (unpaired) electrons. The number of likely N-dealkylation sites (tertiary alicyclic amines) is 1. The Kier molecular flexibility index (Phi) is 7.38. The summed E-state index contributed by atoms with van der Waals surface area (Å²) in [5.74, 6) is 1.46. The Labute approximate surface area is 207 Å². The monoisotopic (exact) mass is 499 g/mol. The van der Waals surface area contributed by atoms with E-state index in [1.54, 1.807) is 0 Å². The number of hydrogen-bond donors (Lipinski definition) is 3. The van der Waals surface area contributed by atoms with Crippen LogP contribution in [-0.4, -0.2) is 53.5 Å². The molecule has 0 aromatic heterocycles. The third kappa shape index (κ3) is 5.89. The summed E-state index contributed by atoms with van der Waals surface area (Å²) in [6.07, 6.45) is 3.83. The molecule has 0 bridgehead atoms. The van der Waals surface area contributed by atoms with Crippen molar-refractivity contribution in [2.75, 3.05) is 19.6 Å². The Bertz CT molecular complexity index is 1160. The average molecular weight is 500 g/mol. The summed E-state index contributed by atoms with van der Waals surface area (Å²) in [7, 11) is 0. The van der Waals surface area contributed by atoms with E-state index in [0.29, 0.717) is 32.0 Å². The minimum absolute atomic E-state index is 0.0592. The summed E-state index contributed by atoms with van der Waals surface area (Å²) in [6.45, 7) is 1.02. The zero-order valence-corrected chi connectivity index (χ0v) is 19.6. The van der Waals surface area contributed by atoms with Crippen LogP contribution < -0.4 is 10.6 Å². The lowest BCUT2D eigenvalue weighted by Crippen LogP contribution is -2.63.